The Labute approximate surface area is 86.3 Å². The molecule has 0 N–H and O–H groups in total. The molecule has 0 bridgehead atoms. The molecule has 1 aromatic rings. The summed E-state index contributed by atoms with van der Waals surface area (Å²) in [5.41, 5.74) is 0.622. The lowest BCUT2D eigenvalue weighted by Gasteiger charge is -2.31. The van der Waals surface area contributed by atoms with Gasteiger partial charge in [-0.2, -0.15) is 10.4 Å². The Morgan fingerprint density at radius 1 is 1.73 bits per heavy atom. The number of hydrogen-bond acceptors (Lipinski definition) is 4. The fourth-order valence-electron chi connectivity index (χ4n) is 1.85. The first-order valence-electron chi connectivity index (χ1n) is 4.71. The van der Waals surface area contributed by atoms with E-state index in [-0.39, 0.29) is 17.6 Å². The molecule has 0 radical (unpaired) electrons. The Morgan fingerprint density at radius 2 is 2.40 bits per heavy atom. The molecule has 6 heteroatoms. The van der Waals surface area contributed by atoms with Gasteiger partial charge in [0, 0.05) is 0 Å². The molecule has 0 amide bonds. The number of aromatic nitrogens is 2. The Kier molecular flexibility index (Phi) is 2.15. The van der Waals surface area contributed by atoms with Gasteiger partial charge in [-0.3, -0.25) is 14.8 Å². The maximum atomic E-state index is 10.6. The van der Waals surface area contributed by atoms with Crippen molar-refractivity contribution in [3.8, 4) is 6.07 Å². The molecule has 0 aromatic carbocycles. The van der Waals surface area contributed by atoms with Crippen LogP contribution in [0.2, 0.25) is 0 Å². The van der Waals surface area contributed by atoms with Crippen LogP contribution in [0.4, 0.5) is 5.69 Å². The highest BCUT2D eigenvalue weighted by Crippen LogP contribution is 2.38. The number of hydrogen-bond donors (Lipinski definition) is 0. The van der Waals surface area contributed by atoms with Gasteiger partial charge in [0.05, 0.1) is 23.0 Å². The largest absolute Gasteiger partial charge is 0.309 e. The van der Waals surface area contributed by atoms with E-state index in [9.17, 15) is 10.1 Å². The van der Waals surface area contributed by atoms with Crippen molar-refractivity contribution in [2.24, 2.45) is 5.92 Å². The van der Waals surface area contributed by atoms with Crippen molar-refractivity contribution in [1.82, 2.24) is 9.78 Å². The third-order valence-electron chi connectivity index (χ3n) is 2.86. The lowest BCUT2D eigenvalue weighted by molar-refractivity contribution is -0.385. The van der Waals surface area contributed by atoms with Gasteiger partial charge in [-0.25, -0.2) is 0 Å². The minimum atomic E-state index is -0.431. The summed E-state index contributed by atoms with van der Waals surface area (Å²) in [7, 11) is 0. The van der Waals surface area contributed by atoms with Crippen molar-refractivity contribution in [1.29, 1.82) is 5.26 Å². The normalized spacial score (nSPS) is 24.3. The summed E-state index contributed by atoms with van der Waals surface area (Å²) in [6, 6.07) is 2.33. The molecular weight excluding hydrogens is 196 g/mol. The van der Waals surface area contributed by atoms with Gasteiger partial charge in [-0.15, -0.1) is 0 Å². The highest BCUT2D eigenvalue weighted by molar-refractivity contribution is 5.32. The molecule has 0 aliphatic heterocycles. The summed E-state index contributed by atoms with van der Waals surface area (Å²) >= 11 is 0. The standard InChI is InChI=1S/C9H10N4O2/c1-6-9(13(14)15)5-11-12(6)8-2-7(3-8)4-10/h5,7-8H,2-3H2,1H3. The number of nitriles is 1. The maximum absolute atomic E-state index is 10.6. The van der Waals surface area contributed by atoms with Crippen LogP contribution in [0, 0.1) is 34.3 Å². The van der Waals surface area contributed by atoms with E-state index in [4.69, 9.17) is 5.26 Å². The van der Waals surface area contributed by atoms with Crippen molar-refractivity contribution < 1.29 is 4.92 Å². The Hall–Kier alpha value is -1.90. The number of rotatable bonds is 2. The molecule has 78 valence electrons. The monoisotopic (exact) mass is 206 g/mol. The van der Waals surface area contributed by atoms with Crippen LogP contribution in [0.5, 0.6) is 0 Å². The first kappa shape index (κ1) is 9.65. The molecule has 1 fully saturated rings. The van der Waals surface area contributed by atoms with E-state index in [0.717, 1.165) is 12.8 Å². The Bertz CT molecular complexity index is 439. The first-order valence-corrected chi connectivity index (χ1v) is 4.71. The van der Waals surface area contributed by atoms with Gasteiger partial charge in [0.2, 0.25) is 0 Å². The van der Waals surface area contributed by atoms with Gasteiger partial charge in [0.1, 0.15) is 11.9 Å². The molecule has 0 spiro atoms. The highest BCUT2D eigenvalue weighted by atomic mass is 16.6. The second-order valence-electron chi connectivity index (χ2n) is 3.77. The number of nitrogens with zero attached hydrogens (tertiary/aromatic N) is 4. The second-order valence-corrected chi connectivity index (χ2v) is 3.77. The molecule has 0 unspecified atom stereocenters. The van der Waals surface area contributed by atoms with E-state index in [2.05, 4.69) is 11.2 Å². The predicted molar refractivity (Wildman–Crippen MR) is 51.0 cm³/mol. The van der Waals surface area contributed by atoms with E-state index in [1.165, 1.54) is 6.20 Å². The molecule has 1 aromatic heterocycles. The fourth-order valence-corrected chi connectivity index (χ4v) is 1.85. The summed E-state index contributed by atoms with van der Waals surface area (Å²) in [6.07, 6.45) is 2.77. The molecule has 6 nitrogen and oxygen atoms in total. The van der Waals surface area contributed by atoms with Gasteiger partial charge >= 0.3 is 5.69 Å². The topological polar surface area (TPSA) is 84.8 Å². The zero-order chi connectivity index (χ0) is 11.0. The van der Waals surface area contributed by atoms with Crippen LogP contribution in [0.1, 0.15) is 24.6 Å². The third kappa shape index (κ3) is 1.46. The van der Waals surface area contributed by atoms with E-state index in [0.29, 0.717) is 5.69 Å². The molecule has 0 saturated heterocycles. The summed E-state index contributed by atoms with van der Waals surface area (Å²) in [5.74, 6) is 0.0812. The van der Waals surface area contributed by atoms with Crippen LogP contribution in [0.3, 0.4) is 0 Å². The predicted octanol–water partition coefficient (Wildman–Crippen LogP) is 1.57. The van der Waals surface area contributed by atoms with Crippen LogP contribution in [0.15, 0.2) is 6.20 Å². The first-order chi connectivity index (χ1) is 7.13. The molecule has 15 heavy (non-hydrogen) atoms. The molecule has 2 rings (SSSR count). The smallest absolute Gasteiger partial charge is 0.260 e. The van der Waals surface area contributed by atoms with Crippen LogP contribution >= 0.6 is 0 Å². The van der Waals surface area contributed by atoms with E-state index >= 15 is 0 Å². The van der Waals surface area contributed by atoms with Crippen molar-refractivity contribution in [2.45, 2.75) is 25.8 Å². The number of nitro groups is 1. The van der Waals surface area contributed by atoms with E-state index in [1.807, 2.05) is 0 Å². The summed E-state index contributed by atoms with van der Waals surface area (Å²) in [5, 5.41) is 23.2. The zero-order valence-corrected chi connectivity index (χ0v) is 8.25. The minimum Gasteiger partial charge on any atom is -0.260 e. The molecule has 1 aliphatic carbocycles. The van der Waals surface area contributed by atoms with Crippen molar-refractivity contribution in [2.75, 3.05) is 0 Å². The lowest BCUT2D eigenvalue weighted by Crippen LogP contribution is -2.27. The van der Waals surface area contributed by atoms with Crippen LogP contribution in [-0.4, -0.2) is 14.7 Å². The van der Waals surface area contributed by atoms with Crippen molar-refractivity contribution >= 4 is 5.69 Å². The zero-order valence-electron chi connectivity index (χ0n) is 8.25. The van der Waals surface area contributed by atoms with Gasteiger partial charge in [0.15, 0.2) is 0 Å². The Balaban J connectivity index is 2.18. The summed E-state index contributed by atoms with van der Waals surface area (Å²) < 4.78 is 1.66. The Morgan fingerprint density at radius 3 is 2.87 bits per heavy atom. The van der Waals surface area contributed by atoms with Crippen molar-refractivity contribution in [3.63, 3.8) is 0 Å². The minimum absolute atomic E-state index is 0.0513. The van der Waals surface area contributed by atoms with Crippen LogP contribution in [-0.2, 0) is 0 Å². The summed E-state index contributed by atoms with van der Waals surface area (Å²) in [6.45, 7) is 1.69. The average molecular weight is 206 g/mol. The highest BCUT2D eigenvalue weighted by Gasteiger charge is 2.33. The SMILES string of the molecule is Cc1c([N+](=O)[O-])cnn1C1CC(C#N)C1. The fraction of sp³-hybridized carbons (Fsp3) is 0.556. The lowest BCUT2D eigenvalue weighted by atomic mass is 9.81. The maximum Gasteiger partial charge on any atom is 0.309 e. The van der Waals surface area contributed by atoms with Gasteiger partial charge in [-0.1, -0.05) is 0 Å². The molecule has 1 saturated carbocycles. The van der Waals surface area contributed by atoms with Gasteiger partial charge in [-0.05, 0) is 19.8 Å². The van der Waals surface area contributed by atoms with Crippen LogP contribution in [0.25, 0.3) is 0 Å². The summed E-state index contributed by atoms with van der Waals surface area (Å²) in [4.78, 5) is 10.2. The third-order valence-corrected chi connectivity index (χ3v) is 2.86. The molecule has 1 aliphatic rings. The molecule has 0 atom stereocenters. The van der Waals surface area contributed by atoms with Crippen molar-refractivity contribution in [3.05, 3.63) is 22.0 Å². The van der Waals surface area contributed by atoms with Crippen LogP contribution < -0.4 is 0 Å². The van der Waals surface area contributed by atoms with E-state index in [1.54, 1.807) is 11.6 Å². The van der Waals surface area contributed by atoms with Gasteiger partial charge < -0.3 is 0 Å². The van der Waals surface area contributed by atoms with Gasteiger partial charge in [0.25, 0.3) is 0 Å². The molecule has 1 heterocycles. The van der Waals surface area contributed by atoms with E-state index < -0.39 is 4.92 Å². The quantitative estimate of drug-likeness (QED) is 0.543. The second kappa shape index (κ2) is 3.35. The average Bonchev–Trinajstić information content (AvgIpc) is 2.46. The molecular formula is C9H10N4O2.